The molecule has 0 amide bonds. The van der Waals surface area contributed by atoms with Gasteiger partial charge in [-0.15, -0.1) is 0 Å². The van der Waals surface area contributed by atoms with E-state index in [1.807, 2.05) is 30.3 Å². The largest absolute Gasteiger partial charge is 0.242 e. The number of tetrazole rings is 1. The Hall–Kier alpha value is -2.01. The van der Waals surface area contributed by atoms with Crippen LogP contribution < -0.4 is 0 Å². The van der Waals surface area contributed by atoms with Crippen molar-refractivity contribution in [3.63, 3.8) is 0 Å². The number of benzene rings is 2. The number of aromatic amines is 1. The van der Waals surface area contributed by atoms with Crippen molar-refractivity contribution >= 4 is 23.0 Å². The van der Waals surface area contributed by atoms with Crippen LogP contribution in [0.15, 0.2) is 42.5 Å². The van der Waals surface area contributed by atoms with Gasteiger partial charge in [0.1, 0.15) is 0 Å². The summed E-state index contributed by atoms with van der Waals surface area (Å²) in [7, 11) is 0. The second-order valence-electron chi connectivity index (χ2n) is 3.45. The van der Waals surface area contributed by atoms with E-state index in [4.69, 9.17) is 12.2 Å². The maximum absolute atomic E-state index is 5.05. The van der Waals surface area contributed by atoms with E-state index in [-0.39, 0.29) is 0 Å². The Bertz CT molecular complexity index is 698. The Morgan fingerprint density at radius 1 is 1.06 bits per heavy atom. The first-order valence-electron chi connectivity index (χ1n) is 4.84. The first-order chi connectivity index (χ1) is 7.84. The molecule has 1 aromatic heterocycles. The van der Waals surface area contributed by atoms with Gasteiger partial charge in [0.15, 0.2) is 0 Å². The predicted octanol–water partition coefficient (Wildman–Crippen LogP) is 2.48. The van der Waals surface area contributed by atoms with Crippen molar-refractivity contribution in [3.05, 3.63) is 47.2 Å². The van der Waals surface area contributed by atoms with Gasteiger partial charge in [-0.3, -0.25) is 0 Å². The second kappa shape index (κ2) is 3.53. The summed E-state index contributed by atoms with van der Waals surface area (Å²) < 4.78 is 2.09. The Kier molecular flexibility index (Phi) is 2.04. The molecular formula is C11H8N4S. The van der Waals surface area contributed by atoms with E-state index in [1.165, 1.54) is 5.39 Å². The lowest BCUT2D eigenvalue weighted by Crippen LogP contribution is -1.96. The summed E-state index contributed by atoms with van der Waals surface area (Å²) >= 11 is 5.05. The van der Waals surface area contributed by atoms with Gasteiger partial charge >= 0.3 is 0 Å². The third-order valence-electron chi connectivity index (χ3n) is 2.46. The minimum atomic E-state index is 0.426. The number of hydrogen-bond donors (Lipinski definition) is 1. The molecule has 0 atom stereocenters. The lowest BCUT2D eigenvalue weighted by Gasteiger charge is -2.02. The molecule has 0 unspecified atom stereocenters. The van der Waals surface area contributed by atoms with E-state index in [0.29, 0.717) is 4.77 Å². The van der Waals surface area contributed by atoms with Crippen molar-refractivity contribution in [3.8, 4) is 5.69 Å². The minimum absolute atomic E-state index is 0.426. The molecule has 4 nitrogen and oxygen atoms in total. The Morgan fingerprint density at radius 2 is 1.88 bits per heavy atom. The van der Waals surface area contributed by atoms with Crippen LogP contribution >= 0.6 is 12.2 Å². The van der Waals surface area contributed by atoms with E-state index in [9.17, 15) is 0 Å². The molecule has 0 saturated carbocycles. The standard InChI is InChI=1S/C11H8N4S/c16-11-12-13-14-15(11)10-6-5-8-3-1-2-4-9(8)7-10/h1-7H,(H,12,14,16). The van der Waals surface area contributed by atoms with Gasteiger partial charge in [0.2, 0.25) is 4.77 Å². The van der Waals surface area contributed by atoms with Gasteiger partial charge in [0.25, 0.3) is 0 Å². The molecule has 0 aliphatic carbocycles. The van der Waals surface area contributed by atoms with Gasteiger partial charge in [-0.25, -0.2) is 4.68 Å². The SMILES string of the molecule is S=c1nn[nH]n1-c1ccc2ccccc2c1. The number of rotatable bonds is 1. The van der Waals surface area contributed by atoms with Gasteiger partial charge in [-0.2, -0.15) is 5.21 Å². The zero-order valence-electron chi connectivity index (χ0n) is 8.29. The smallest absolute Gasteiger partial charge is 0.210 e. The maximum Gasteiger partial charge on any atom is 0.242 e. The molecule has 1 heterocycles. The third-order valence-corrected chi connectivity index (χ3v) is 2.73. The van der Waals surface area contributed by atoms with E-state index < -0.39 is 0 Å². The van der Waals surface area contributed by atoms with Gasteiger partial charge < -0.3 is 0 Å². The van der Waals surface area contributed by atoms with Gasteiger partial charge in [-0.1, -0.05) is 40.6 Å². The lowest BCUT2D eigenvalue weighted by atomic mass is 10.1. The van der Waals surface area contributed by atoms with Crippen LogP contribution in [-0.4, -0.2) is 20.2 Å². The van der Waals surface area contributed by atoms with Gasteiger partial charge in [0, 0.05) is 0 Å². The van der Waals surface area contributed by atoms with Crippen LogP contribution in [0.25, 0.3) is 16.5 Å². The van der Waals surface area contributed by atoms with Crippen LogP contribution in [0.2, 0.25) is 0 Å². The summed E-state index contributed by atoms with van der Waals surface area (Å²) in [6.07, 6.45) is 0. The van der Waals surface area contributed by atoms with Gasteiger partial charge in [-0.05, 0) is 35.1 Å². The molecule has 2 aromatic carbocycles. The fourth-order valence-electron chi connectivity index (χ4n) is 1.68. The minimum Gasteiger partial charge on any atom is -0.210 e. The van der Waals surface area contributed by atoms with Crippen molar-refractivity contribution in [2.75, 3.05) is 0 Å². The van der Waals surface area contributed by atoms with Crippen LogP contribution in [0.4, 0.5) is 0 Å². The van der Waals surface area contributed by atoms with Crippen LogP contribution in [0.3, 0.4) is 0 Å². The first-order valence-corrected chi connectivity index (χ1v) is 5.25. The fraction of sp³-hybridized carbons (Fsp3) is 0. The highest BCUT2D eigenvalue weighted by atomic mass is 32.1. The quantitative estimate of drug-likeness (QED) is 0.651. The molecule has 0 aliphatic heterocycles. The molecule has 0 bridgehead atoms. The molecule has 0 spiro atoms. The fourth-order valence-corrected chi connectivity index (χ4v) is 1.87. The molecule has 3 rings (SSSR count). The number of nitrogens with one attached hydrogen (secondary N) is 1. The average molecular weight is 228 g/mol. The van der Waals surface area contributed by atoms with E-state index in [1.54, 1.807) is 4.68 Å². The van der Waals surface area contributed by atoms with Crippen molar-refractivity contribution < 1.29 is 0 Å². The molecule has 0 radical (unpaired) electrons. The van der Waals surface area contributed by atoms with Crippen molar-refractivity contribution in [2.24, 2.45) is 0 Å². The molecular weight excluding hydrogens is 220 g/mol. The molecule has 0 aliphatic rings. The highest BCUT2D eigenvalue weighted by molar-refractivity contribution is 7.71. The number of H-pyrrole nitrogens is 1. The highest BCUT2D eigenvalue weighted by Gasteiger charge is 2.00. The van der Waals surface area contributed by atoms with E-state index in [2.05, 4.69) is 27.7 Å². The van der Waals surface area contributed by atoms with E-state index in [0.717, 1.165) is 11.1 Å². The van der Waals surface area contributed by atoms with Crippen LogP contribution in [0, 0.1) is 4.77 Å². The number of aromatic nitrogens is 4. The molecule has 0 fully saturated rings. The Balaban J connectivity index is 2.27. The zero-order chi connectivity index (χ0) is 11.0. The molecule has 16 heavy (non-hydrogen) atoms. The van der Waals surface area contributed by atoms with Crippen LogP contribution in [0.5, 0.6) is 0 Å². The summed E-state index contributed by atoms with van der Waals surface area (Å²) in [5.74, 6) is 0. The summed E-state index contributed by atoms with van der Waals surface area (Å²) in [5.41, 5.74) is 0.939. The average Bonchev–Trinajstić information content (AvgIpc) is 2.75. The molecule has 1 N–H and O–H groups in total. The second-order valence-corrected chi connectivity index (χ2v) is 3.81. The summed E-state index contributed by atoms with van der Waals surface area (Å²) in [5, 5.41) is 12.5. The normalized spacial score (nSPS) is 10.8. The van der Waals surface area contributed by atoms with E-state index >= 15 is 0 Å². The topological polar surface area (TPSA) is 46.5 Å². The van der Waals surface area contributed by atoms with Crippen molar-refractivity contribution in [1.29, 1.82) is 0 Å². The molecule has 0 saturated heterocycles. The number of nitrogens with zero attached hydrogens (tertiary/aromatic N) is 3. The predicted molar refractivity (Wildman–Crippen MR) is 64.0 cm³/mol. The number of hydrogen-bond acceptors (Lipinski definition) is 3. The molecule has 3 aromatic rings. The highest BCUT2D eigenvalue weighted by Crippen LogP contribution is 2.17. The summed E-state index contributed by atoms with van der Waals surface area (Å²) in [6.45, 7) is 0. The Labute approximate surface area is 96.5 Å². The molecule has 78 valence electrons. The third kappa shape index (κ3) is 1.42. The number of fused-ring (bicyclic) bond motifs is 1. The monoisotopic (exact) mass is 228 g/mol. The first kappa shape index (κ1) is 9.23. The zero-order valence-corrected chi connectivity index (χ0v) is 9.11. The Morgan fingerprint density at radius 3 is 2.62 bits per heavy atom. The van der Waals surface area contributed by atoms with Crippen molar-refractivity contribution in [2.45, 2.75) is 0 Å². The molecule has 5 heteroatoms. The summed E-state index contributed by atoms with van der Waals surface area (Å²) in [4.78, 5) is 0. The van der Waals surface area contributed by atoms with Crippen LogP contribution in [-0.2, 0) is 0 Å². The van der Waals surface area contributed by atoms with Crippen LogP contribution in [0.1, 0.15) is 0 Å². The lowest BCUT2D eigenvalue weighted by molar-refractivity contribution is 0.787. The van der Waals surface area contributed by atoms with Crippen molar-refractivity contribution in [1.82, 2.24) is 20.2 Å². The maximum atomic E-state index is 5.05. The summed E-state index contributed by atoms with van der Waals surface area (Å²) in [6, 6.07) is 14.2. The van der Waals surface area contributed by atoms with Gasteiger partial charge in [0.05, 0.1) is 5.69 Å².